The van der Waals surface area contributed by atoms with Crippen molar-refractivity contribution >= 4 is 34.2 Å². The second-order valence-electron chi connectivity index (χ2n) is 9.50. The lowest BCUT2D eigenvalue weighted by molar-refractivity contribution is -0.159. The van der Waals surface area contributed by atoms with Gasteiger partial charge < -0.3 is 24.4 Å². The van der Waals surface area contributed by atoms with Gasteiger partial charge in [0.1, 0.15) is 18.3 Å². The highest BCUT2D eigenvalue weighted by Crippen LogP contribution is 2.27. The average Bonchev–Trinajstić information content (AvgIpc) is 3.33. The standard InChI is InChI=1S/C28H30N4O4/c1-30(2)27(34)24-14-21-11-10-20(13-23(21)29-24)22-9-6-12-31(16-22)28(35)25-17-36-18-26(33)32(25)15-19-7-4-3-5-8-19/h3-5,7-11,13-14,25,29H,6,12,15-18H2,1-2H3/t25-/m1/s1. The van der Waals surface area contributed by atoms with Crippen LogP contribution < -0.4 is 0 Å². The van der Waals surface area contributed by atoms with Crippen molar-refractivity contribution < 1.29 is 19.1 Å². The predicted octanol–water partition coefficient (Wildman–Crippen LogP) is 2.91. The lowest BCUT2D eigenvalue weighted by Crippen LogP contribution is -2.57. The molecule has 1 atom stereocenters. The molecule has 0 saturated carbocycles. The molecule has 0 unspecified atom stereocenters. The first-order valence-electron chi connectivity index (χ1n) is 12.1. The first-order valence-corrected chi connectivity index (χ1v) is 12.1. The summed E-state index contributed by atoms with van der Waals surface area (Å²) in [4.78, 5) is 46.9. The molecule has 1 fully saturated rings. The van der Waals surface area contributed by atoms with Crippen LogP contribution in [0.4, 0.5) is 0 Å². The molecule has 1 aromatic heterocycles. The molecule has 5 rings (SSSR count). The van der Waals surface area contributed by atoms with Gasteiger partial charge in [0.25, 0.3) is 5.91 Å². The average molecular weight is 487 g/mol. The van der Waals surface area contributed by atoms with Crippen molar-refractivity contribution in [3.63, 3.8) is 0 Å². The molecule has 2 aliphatic heterocycles. The van der Waals surface area contributed by atoms with Gasteiger partial charge in [-0.15, -0.1) is 0 Å². The van der Waals surface area contributed by atoms with Gasteiger partial charge in [0.05, 0.1) is 6.61 Å². The van der Waals surface area contributed by atoms with Crippen molar-refractivity contribution in [3.05, 3.63) is 77.5 Å². The fourth-order valence-corrected chi connectivity index (χ4v) is 4.82. The molecule has 3 aromatic rings. The summed E-state index contributed by atoms with van der Waals surface area (Å²) < 4.78 is 5.48. The highest BCUT2D eigenvalue weighted by Gasteiger charge is 2.37. The fourth-order valence-electron chi connectivity index (χ4n) is 4.82. The number of carbonyl (C=O) groups excluding carboxylic acids is 3. The van der Waals surface area contributed by atoms with Crippen LogP contribution in [0.15, 0.2) is 60.7 Å². The highest BCUT2D eigenvalue weighted by molar-refractivity contribution is 5.98. The minimum absolute atomic E-state index is 0.00373. The Morgan fingerprint density at radius 3 is 2.69 bits per heavy atom. The van der Waals surface area contributed by atoms with E-state index in [1.807, 2.05) is 59.5 Å². The van der Waals surface area contributed by atoms with Crippen molar-refractivity contribution in [2.24, 2.45) is 0 Å². The summed E-state index contributed by atoms with van der Waals surface area (Å²) in [5.74, 6) is -0.341. The summed E-state index contributed by atoms with van der Waals surface area (Å²) in [6.07, 6.45) is 2.89. The number of carbonyl (C=O) groups is 3. The first kappa shape index (κ1) is 23.8. The van der Waals surface area contributed by atoms with E-state index in [1.54, 1.807) is 23.9 Å². The molecule has 0 aliphatic carbocycles. The largest absolute Gasteiger partial charge is 0.369 e. The lowest BCUT2D eigenvalue weighted by Gasteiger charge is -2.38. The molecule has 1 N–H and O–H groups in total. The van der Waals surface area contributed by atoms with Crippen LogP contribution in [0, 0.1) is 0 Å². The number of morpholine rings is 1. The number of H-pyrrole nitrogens is 1. The van der Waals surface area contributed by atoms with Crippen LogP contribution in [-0.2, 0) is 20.9 Å². The van der Waals surface area contributed by atoms with Crippen LogP contribution in [0.1, 0.15) is 28.0 Å². The monoisotopic (exact) mass is 486 g/mol. The Kier molecular flexibility index (Phi) is 6.61. The van der Waals surface area contributed by atoms with Crippen LogP contribution in [0.2, 0.25) is 0 Å². The number of rotatable bonds is 5. The lowest BCUT2D eigenvalue weighted by atomic mass is 9.99. The zero-order chi connectivity index (χ0) is 25.2. The Morgan fingerprint density at radius 2 is 1.92 bits per heavy atom. The van der Waals surface area contributed by atoms with Gasteiger partial charge >= 0.3 is 0 Å². The van der Waals surface area contributed by atoms with Gasteiger partial charge in [-0.2, -0.15) is 0 Å². The number of hydrogen-bond donors (Lipinski definition) is 1. The summed E-state index contributed by atoms with van der Waals surface area (Å²) in [6.45, 7) is 1.63. The number of fused-ring (bicyclic) bond motifs is 1. The molecular weight excluding hydrogens is 456 g/mol. The molecule has 3 amide bonds. The Bertz CT molecular complexity index is 1330. The maximum atomic E-state index is 13.6. The SMILES string of the molecule is CN(C)C(=O)c1cc2ccc(C3=CCCN(C(=O)[C@H]4COCC(=O)N4Cc4ccccc4)C3)cc2[nH]1. The van der Waals surface area contributed by atoms with E-state index in [9.17, 15) is 14.4 Å². The minimum Gasteiger partial charge on any atom is -0.369 e. The number of hydrogen-bond acceptors (Lipinski definition) is 4. The van der Waals surface area contributed by atoms with E-state index in [0.29, 0.717) is 25.3 Å². The number of ether oxygens (including phenoxy) is 1. The molecule has 36 heavy (non-hydrogen) atoms. The van der Waals surface area contributed by atoms with E-state index in [0.717, 1.165) is 34.0 Å². The van der Waals surface area contributed by atoms with Gasteiger partial charge in [-0.3, -0.25) is 14.4 Å². The third-order valence-electron chi connectivity index (χ3n) is 6.77. The number of nitrogens with zero attached hydrogens (tertiary/aromatic N) is 3. The fraction of sp³-hybridized carbons (Fsp3) is 0.321. The predicted molar refractivity (Wildman–Crippen MR) is 137 cm³/mol. The molecule has 0 radical (unpaired) electrons. The van der Waals surface area contributed by atoms with Gasteiger partial charge in [0.2, 0.25) is 11.8 Å². The van der Waals surface area contributed by atoms with Gasteiger partial charge in [0.15, 0.2) is 0 Å². The molecule has 0 spiro atoms. The van der Waals surface area contributed by atoms with Crippen molar-refractivity contribution in [1.82, 2.24) is 19.7 Å². The molecule has 186 valence electrons. The topological polar surface area (TPSA) is 86.0 Å². The maximum absolute atomic E-state index is 13.6. The second kappa shape index (κ2) is 9.99. The quantitative estimate of drug-likeness (QED) is 0.601. The second-order valence-corrected chi connectivity index (χ2v) is 9.50. The number of aromatic amines is 1. The van der Waals surface area contributed by atoms with Crippen LogP contribution >= 0.6 is 0 Å². The maximum Gasteiger partial charge on any atom is 0.269 e. The molecule has 0 bridgehead atoms. The summed E-state index contributed by atoms with van der Waals surface area (Å²) in [5.41, 5.74) is 4.45. The zero-order valence-corrected chi connectivity index (χ0v) is 20.6. The van der Waals surface area contributed by atoms with E-state index in [2.05, 4.69) is 11.1 Å². The van der Waals surface area contributed by atoms with Gasteiger partial charge in [-0.05, 0) is 35.3 Å². The van der Waals surface area contributed by atoms with E-state index in [1.165, 1.54) is 0 Å². The molecule has 2 aromatic carbocycles. The summed E-state index contributed by atoms with van der Waals surface area (Å²) in [7, 11) is 3.45. The van der Waals surface area contributed by atoms with Crippen LogP contribution in [0.5, 0.6) is 0 Å². The molecule has 3 heterocycles. The Balaban J connectivity index is 1.33. The van der Waals surface area contributed by atoms with E-state index >= 15 is 0 Å². The smallest absolute Gasteiger partial charge is 0.269 e. The number of amides is 3. The van der Waals surface area contributed by atoms with Crippen molar-refractivity contribution in [2.75, 3.05) is 40.4 Å². The minimum atomic E-state index is -0.642. The van der Waals surface area contributed by atoms with E-state index in [4.69, 9.17) is 4.74 Å². The Morgan fingerprint density at radius 1 is 1.11 bits per heavy atom. The van der Waals surface area contributed by atoms with Crippen molar-refractivity contribution in [3.8, 4) is 0 Å². The number of nitrogens with one attached hydrogen (secondary N) is 1. The van der Waals surface area contributed by atoms with Crippen LogP contribution in [-0.4, -0.2) is 83.8 Å². The van der Waals surface area contributed by atoms with Crippen molar-refractivity contribution in [1.29, 1.82) is 0 Å². The van der Waals surface area contributed by atoms with Gasteiger partial charge in [-0.1, -0.05) is 48.5 Å². The van der Waals surface area contributed by atoms with Crippen LogP contribution in [0.25, 0.3) is 16.5 Å². The zero-order valence-electron chi connectivity index (χ0n) is 20.6. The Labute approximate surface area is 210 Å². The van der Waals surface area contributed by atoms with E-state index < -0.39 is 6.04 Å². The summed E-state index contributed by atoms with van der Waals surface area (Å²) in [5, 5.41) is 0.961. The molecule has 1 saturated heterocycles. The highest BCUT2D eigenvalue weighted by atomic mass is 16.5. The van der Waals surface area contributed by atoms with E-state index in [-0.39, 0.29) is 30.9 Å². The third-order valence-corrected chi connectivity index (χ3v) is 6.77. The molecule has 8 nitrogen and oxygen atoms in total. The third kappa shape index (κ3) is 4.77. The Hall–Kier alpha value is -3.91. The number of aromatic nitrogens is 1. The van der Waals surface area contributed by atoms with Crippen LogP contribution in [0.3, 0.4) is 0 Å². The summed E-state index contributed by atoms with van der Waals surface area (Å²) >= 11 is 0. The number of benzene rings is 2. The van der Waals surface area contributed by atoms with Crippen molar-refractivity contribution in [2.45, 2.75) is 19.0 Å². The molecular formula is C28H30N4O4. The first-order chi connectivity index (χ1) is 17.4. The molecule has 2 aliphatic rings. The van der Waals surface area contributed by atoms with Gasteiger partial charge in [0, 0.05) is 44.6 Å². The summed E-state index contributed by atoms with van der Waals surface area (Å²) in [6, 6.07) is 17.0. The normalized spacial score (nSPS) is 18.3. The molecule has 8 heteroatoms. The van der Waals surface area contributed by atoms with Gasteiger partial charge in [-0.25, -0.2) is 0 Å².